The van der Waals surface area contributed by atoms with E-state index >= 15 is 0 Å². The van der Waals surface area contributed by atoms with Gasteiger partial charge < -0.3 is 10.6 Å². The minimum absolute atomic E-state index is 0.199. The summed E-state index contributed by atoms with van der Waals surface area (Å²) in [5, 5.41) is 6.47. The fraction of sp³-hybridized carbons (Fsp3) is 0.929. The van der Waals surface area contributed by atoms with E-state index in [1.54, 1.807) is 0 Å². The Morgan fingerprint density at radius 1 is 1.12 bits per heavy atom. The highest BCUT2D eigenvalue weighted by atomic mass is 16.1. The maximum Gasteiger partial charge on any atom is 0.221 e. The SMILES string of the molecule is CCCCCNC(=O)CCNC1CCCCC1. The molecule has 17 heavy (non-hydrogen) atoms. The number of carbonyl (C=O) groups excluding carboxylic acids is 1. The van der Waals surface area contributed by atoms with Crippen LogP contribution in [-0.2, 0) is 4.79 Å². The third-order valence-electron chi connectivity index (χ3n) is 3.49. The molecule has 3 heteroatoms. The average molecular weight is 240 g/mol. The molecule has 0 aromatic rings. The van der Waals surface area contributed by atoms with Gasteiger partial charge >= 0.3 is 0 Å². The molecule has 0 radical (unpaired) electrons. The van der Waals surface area contributed by atoms with E-state index in [0.717, 1.165) is 19.5 Å². The lowest BCUT2D eigenvalue weighted by atomic mass is 9.95. The van der Waals surface area contributed by atoms with Crippen LogP contribution in [0.2, 0.25) is 0 Å². The molecular weight excluding hydrogens is 212 g/mol. The summed E-state index contributed by atoms with van der Waals surface area (Å²) in [5.41, 5.74) is 0. The van der Waals surface area contributed by atoms with Gasteiger partial charge in [-0.25, -0.2) is 0 Å². The second kappa shape index (κ2) is 9.46. The molecule has 1 fully saturated rings. The molecule has 0 aromatic carbocycles. The van der Waals surface area contributed by atoms with Crippen molar-refractivity contribution in [3.8, 4) is 0 Å². The van der Waals surface area contributed by atoms with Gasteiger partial charge in [0.2, 0.25) is 5.91 Å². The molecule has 2 N–H and O–H groups in total. The van der Waals surface area contributed by atoms with Gasteiger partial charge in [0.1, 0.15) is 0 Å². The second-order valence-electron chi connectivity index (χ2n) is 5.10. The largest absolute Gasteiger partial charge is 0.356 e. The number of unbranched alkanes of at least 4 members (excludes halogenated alkanes) is 2. The number of hydrogen-bond acceptors (Lipinski definition) is 2. The predicted molar refractivity (Wildman–Crippen MR) is 72.0 cm³/mol. The molecule has 1 saturated carbocycles. The monoisotopic (exact) mass is 240 g/mol. The summed E-state index contributed by atoms with van der Waals surface area (Å²) in [6.07, 6.45) is 10.8. The average Bonchev–Trinajstić information content (AvgIpc) is 2.36. The fourth-order valence-corrected chi connectivity index (χ4v) is 2.39. The molecule has 0 aromatic heterocycles. The standard InChI is InChI=1S/C14H28N2O/c1-2-3-7-11-16-14(17)10-12-15-13-8-5-4-6-9-13/h13,15H,2-12H2,1H3,(H,16,17). The van der Waals surface area contributed by atoms with E-state index in [-0.39, 0.29) is 5.91 Å². The van der Waals surface area contributed by atoms with Crippen LogP contribution in [0.1, 0.15) is 64.7 Å². The molecule has 0 bridgehead atoms. The Bertz CT molecular complexity index is 200. The summed E-state index contributed by atoms with van der Waals surface area (Å²) in [5.74, 6) is 0.199. The Kier molecular flexibility index (Phi) is 8.06. The van der Waals surface area contributed by atoms with Gasteiger partial charge in [-0.15, -0.1) is 0 Å². The smallest absolute Gasteiger partial charge is 0.221 e. The fourth-order valence-electron chi connectivity index (χ4n) is 2.39. The molecule has 0 aliphatic heterocycles. The number of nitrogens with one attached hydrogen (secondary N) is 2. The molecular formula is C14H28N2O. The Morgan fingerprint density at radius 2 is 1.88 bits per heavy atom. The zero-order valence-electron chi connectivity index (χ0n) is 11.3. The van der Waals surface area contributed by atoms with E-state index in [0.29, 0.717) is 12.5 Å². The molecule has 0 spiro atoms. The van der Waals surface area contributed by atoms with Gasteiger partial charge in [-0.1, -0.05) is 39.0 Å². The van der Waals surface area contributed by atoms with Crippen LogP contribution in [-0.4, -0.2) is 25.0 Å². The van der Waals surface area contributed by atoms with E-state index in [4.69, 9.17) is 0 Å². The highest BCUT2D eigenvalue weighted by Crippen LogP contribution is 2.17. The maximum atomic E-state index is 11.5. The first-order valence-corrected chi connectivity index (χ1v) is 7.33. The van der Waals surface area contributed by atoms with Crippen molar-refractivity contribution in [1.82, 2.24) is 10.6 Å². The summed E-state index contributed by atoms with van der Waals surface area (Å²) in [7, 11) is 0. The Hall–Kier alpha value is -0.570. The van der Waals surface area contributed by atoms with Crippen LogP contribution in [0.4, 0.5) is 0 Å². The number of hydrogen-bond donors (Lipinski definition) is 2. The topological polar surface area (TPSA) is 41.1 Å². The first kappa shape index (κ1) is 14.5. The lowest BCUT2D eigenvalue weighted by Gasteiger charge is -2.22. The summed E-state index contributed by atoms with van der Waals surface area (Å²) < 4.78 is 0. The van der Waals surface area contributed by atoms with Gasteiger partial charge in [0, 0.05) is 25.6 Å². The quantitative estimate of drug-likeness (QED) is 0.640. The lowest BCUT2D eigenvalue weighted by Crippen LogP contribution is -2.35. The van der Waals surface area contributed by atoms with Crippen LogP contribution in [0.25, 0.3) is 0 Å². The van der Waals surface area contributed by atoms with Crippen molar-refractivity contribution >= 4 is 5.91 Å². The van der Waals surface area contributed by atoms with Crippen molar-refractivity contribution < 1.29 is 4.79 Å². The number of rotatable bonds is 8. The number of carbonyl (C=O) groups is 1. The highest BCUT2D eigenvalue weighted by molar-refractivity contribution is 5.75. The van der Waals surface area contributed by atoms with Crippen LogP contribution in [0.15, 0.2) is 0 Å². The van der Waals surface area contributed by atoms with E-state index in [9.17, 15) is 4.79 Å². The summed E-state index contributed by atoms with van der Waals surface area (Å²) in [6, 6.07) is 0.664. The van der Waals surface area contributed by atoms with E-state index in [1.165, 1.54) is 44.9 Å². The number of amides is 1. The van der Waals surface area contributed by atoms with Gasteiger partial charge in [-0.3, -0.25) is 4.79 Å². The zero-order chi connectivity index (χ0) is 12.3. The molecule has 0 heterocycles. The third kappa shape index (κ3) is 7.37. The molecule has 1 amide bonds. The van der Waals surface area contributed by atoms with Crippen molar-refractivity contribution in [2.45, 2.75) is 70.8 Å². The predicted octanol–water partition coefficient (Wildman–Crippen LogP) is 2.61. The molecule has 0 saturated heterocycles. The van der Waals surface area contributed by atoms with Crippen LogP contribution in [0.3, 0.4) is 0 Å². The zero-order valence-corrected chi connectivity index (χ0v) is 11.3. The van der Waals surface area contributed by atoms with Crippen LogP contribution in [0.5, 0.6) is 0 Å². The molecule has 1 aliphatic carbocycles. The Labute approximate surface area is 106 Å². The molecule has 1 aliphatic rings. The van der Waals surface area contributed by atoms with Crippen molar-refractivity contribution in [2.24, 2.45) is 0 Å². The Balaban J connectivity index is 1.92. The lowest BCUT2D eigenvalue weighted by molar-refractivity contribution is -0.121. The summed E-state index contributed by atoms with van der Waals surface area (Å²) >= 11 is 0. The van der Waals surface area contributed by atoms with E-state index in [2.05, 4.69) is 17.6 Å². The van der Waals surface area contributed by atoms with Crippen molar-refractivity contribution in [3.63, 3.8) is 0 Å². The van der Waals surface area contributed by atoms with E-state index in [1.807, 2.05) is 0 Å². The molecule has 3 nitrogen and oxygen atoms in total. The molecule has 100 valence electrons. The minimum atomic E-state index is 0.199. The van der Waals surface area contributed by atoms with Crippen molar-refractivity contribution in [3.05, 3.63) is 0 Å². The van der Waals surface area contributed by atoms with Gasteiger partial charge in [-0.2, -0.15) is 0 Å². The highest BCUT2D eigenvalue weighted by Gasteiger charge is 2.12. The Morgan fingerprint density at radius 3 is 2.59 bits per heavy atom. The molecule has 0 unspecified atom stereocenters. The normalized spacial score (nSPS) is 17.0. The van der Waals surface area contributed by atoms with Crippen LogP contribution >= 0.6 is 0 Å². The molecule has 0 atom stereocenters. The first-order valence-electron chi connectivity index (χ1n) is 7.33. The van der Waals surface area contributed by atoms with Crippen LogP contribution < -0.4 is 10.6 Å². The van der Waals surface area contributed by atoms with Crippen molar-refractivity contribution in [1.29, 1.82) is 0 Å². The third-order valence-corrected chi connectivity index (χ3v) is 3.49. The minimum Gasteiger partial charge on any atom is -0.356 e. The van der Waals surface area contributed by atoms with E-state index < -0.39 is 0 Å². The first-order chi connectivity index (χ1) is 8.33. The van der Waals surface area contributed by atoms with Crippen molar-refractivity contribution in [2.75, 3.05) is 13.1 Å². The maximum absolute atomic E-state index is 11.5. The van der Waals surface area contributed by atoms with Crippen LogP contribution in [0, 0.1) is 0 Å². The summed E-state index contributed by atoms with van der Waals surface area (Å²) in [6.45, 7) is 3.86. The molecule has 1 rings (SSSR count). The van der Waals surface area contributed by atoms with Gasteiger partial charge in [0.15, 0.2) is 0 Å². The van der Waals surface area contributed by atoms with Gasteiger partial charge in [-0.05, 0) is 19.3 Å². The van der Waals surface area contributed by atoms with Gasteiger partial charge in [0.25, 0.3) is 0 Å². The summed E-state index contributed by atoms with van der Waals surface area (Å²) in [4.78, 5) is 11.5. The van der Waals surface area contributed by atoms with Gasteiger partial charge in [0.05, 0.1) is 0 Å². The second-order valence-corrected chi connectivity index (χ2v) is 5.10.